The number of aromatic nitrogens is 1. The number of hydrogen-bond acceptors (Lipinski definition) is 5. The van der Waals surface area contributed by atoms with Crippen LogP contribution in [-0.2, 0) is 22.9 Å². The Hall–Kier alpha value is -2.65. The van der Waals surface area contributed by atoms with Crippen LogP contribution in [0.1, 0.15) is 45.7 Å². The molecular weight excluding hydrogens is 454 g/mol. The van der Waals surface area contributed by atoms with Crippen LogP contribution < -0.4 is 10.9 Å². The van der Waals surface area contributed by atoms with E-state index in [1.807, 2.05) is 0 Å². The molecular formula is C22H24ClN3O5S. The highest BCUT2D eigenvalue weighted by Gasteiger charge is 2.33. The Morgan fingerprint density at radius 3 is 2.53 bits per heavy atom. The lowest BCUT2D eigenvalue weighted by molar-refractivity contribution is 0.0696. The highest BCUT2D eigenvalue weighted by molar-refractivity contribution is 7.92. The number of carbonyl (C=O) groups is 2. The van der Waals surface area contributed by atoms with Crippen LogP contribution in [0.4, 0.5) is 0 Å². The normalized spacial score (nSPS) is 19.6. The molecule has 1 N–H and O–H groups in total. The van der Waals surface area contributed by atoms with Gasteiger partial charge in [0.15, 0.2) is 9.84 Å². The topological polar surface area (TPSA) is 106 Å². The van der Waals surface area contributed by atoms with E-state index in [-0.39, 0.29) is 36.0 Å². The average Bonchev–Trinajstić information content (AvgIpc) is 3.11. The predicted octanol–water partition coefficient (Wildman–Crippen LogP) is 1.85. The van der Waals surface area contributed by atoms with Crippen LogP contribution >= 0.6 is 11.6 Å². The molecule has 32 heavy (non-hydrogen) atoms. The first kappa shape index (κ1) is 22.5. The fourth-order valence-electron chi connectivity index (χ4n) is 4.22. The first-order valence-electron chi connectivity index (χ1n) is 10.5. The molecule has 170 valence electrons. The molecule has 1 aromatic heterocycles. The Morgan fingerprint density at radius 2 is 1.84 bits per heavy atom. The fourth-order valence-corrected chi connectivity index (χ4v) is 6.24. The highest BCUT2D eigenvalue weighted by atomic mass is 35.5. The van der Waals surface area contributed by atoms with Crippen molar-refractivity contribution >= 4 is 33.3 Å². The first-order chi connectivity index (χ1) is 15.3. The number of hydrogen-bond donors (Lipinski definition) is 1. The zero-order valence-corrected chi connectivity index (χ0v) is 19.0. The second-order valence-corrected chi connectivity index (χ2v) is 10.9. The molecule has 2 aromatic rings. The summed E-state index contributed by atoms with van der Waals surface area (Å²) in [7, 11) is -3.06. The van der Waals surface area contributed by atoms with E-state index in [2.05, 4.69) is 5.32 Å². The maximum atomic E-state index is 12.9. The van der Waals surface area contributed by atoms with Gasteiger partial charge in [-0.15, -0.1) is 0 Å². The summed E-state index contributed by atoms with van der Waals surface area (Å²) in [4.78, 5) is 39.8. The zero-order valence-electron chi connectivity index (χ0n) is 17.4. The van der Waals surface area contributed by atoms with Crippen molar-refractivity contribution in [3.63, 3.8) is 0 Å². The van der Waals surface area contributed by atoms with Crippen molar-refractivity contribution < 1.29 is 18.0 Å². The lowest BCUT2D eigenvalue weighted by Gasteiger charge is -2.30. The van der Waals surface area contributed by atoms with Gasteiger partial charge in [-0.2, -0.15) is 0 Å². The van der Waals surface area contributed by atoms with Crippen molar-refractivity contribution in [2.45, 2.75) is 37.6 Å². The molecule has 2 aliphatic heterocycles. The van der Waals surface area contributed by atoms with Crippen LogP contribution in [0.15, 0.2) is 41.2 Å². The molecule has 0 bridgehead atoms. The predicted molar refractivity (Wildman–Crippen MR) is 121 cm³/mol. The highest BCUT2D eigenvalue weighted by Crippen LogP contribution is 2.23. The molecule has 0 aliphatic carbocycles. The van der Waals surface area contributed by atoms with Crippen LogP contribution in [0.25, 0.3) is 0 Å². The van der Waals surface area contributed by atoms with Crippen molar-refractivity contribution in [3.05, 3.63) is 68.6 Å². The van der Waals surface area contributed by atoms with E-state index >= 15 is 0 Å². The maximum absolute atomic E-state index is 12.9. The van der Waals surface area contributed by atoms with E-state index in [1.165, 1.54) is 16.7 Å². The number of halogens is 1. The second kappa shape index (κ2) is 9.07. The van der Waals surface area contributed by atoms with Crippen LogP contribution in [0.2, 0.25) is 5.02 Å². The van der Waals surface area contributed by atoms with Gasteiger partial charge in [-0.05, 0) is 49.1 Å². The molecule has 2 amide bonds. The van der Waals surface area contributed by atoms with Gasteiger partial charge in [-0.25, -0.2) is 8.42 Å². The smallest absolute Gasteiger partial charge is 0.270 e. The number of amides is 2. The SMILES string of the molecule is O=C(NCc1ccc(Cl)cc1)c1ccc2n(c1=O)CCN(CCC1CCCS1(=O)=O)C2=O. The molecule has 1 fully saturated rings. The van der Waals surface area contributed by atoms with E-state index in [0.29, 0.717) is 37.4 Å². The third-order valence-corrected chi connectivity index (χ3v) is 8.67. The van der Waals surface area contributed by atoms with Crippen LogP contribution in [0, 0.1) is 0 Å². The number of rotatable bonds is 6. The third kappa shape index (κ3) is 4.59. The van der Waals surface area contributed by atoms with E-state index in [9.17, 15) is 22.8 Å². The third-order valence-electron chi connectivity index (χ3n) is 6.07. The van der Waals surface area contributed by atoms with Gasteiger partial charge in [0, 0.05) is 31.2 Å². The van der Waals surface area contributed by atoms with Gasteiger partial charge >= 0.3 is 0 Å². The van der Waals surface area contributed by atoms with Crippen molar-refractivity contribution in [2.75, 3.05) is 18.8 Å². The minimum absolute atomic E-state index is 0.0268. The largest absolute Gasteiger partial charge is 0.348 e. The molecule has 0 radical (unpaired) electrons. The summed E-state index contributed by atoms with van der Waals surface area (Å²) >= 11 is 5.86. The molecule has 3 heterocycles. The Balaban J connectivity index is 1.43. The van der Waals surface area contributed by atoms with Gasteiger partial charge in [0.05, 0.1) is 11.0 Å². The zero-order chi connectivity index (χ0) is 22.9. The van der Waals surface area contributed by atoms with E-state index in [0.717, 1.165) is 5.56 Å². The Labute approximate surface area is 191 Å². The number of nitrogens with zero attached hydrogens (tertiary/aromatic N) is 2. The summed E-state index contributed by atoms with van der Waals surface area (Å²) in [5, 5.41) is 2.91. The lowest BCUT2D eigenvalue weighted by Crippen LogP contribution is -2.46. The quantitative estimate of drug-likeness (QED) is 0.683. The van der Waals surface area contributed by atoms with Crippen LogP contribution in [0.3, 0.4) is 0 Å². The molecule has 10 heteroatoms. The Bertz CT molecular complexity index is 1210. The summed E-state index contributed by atoms with van der Waals surface area (Å²) in [6, 6.07) is 9.86. The molecule has 4 rings (SSSR count). The summed E-state index contributed by atoms with van der Waals surface area (Å²) < 4.78 is 25.4. The lowest BCUT2D eigenvalue weighted by atomic mass is 10.1. The molecule has 1 aromatic carbocycles. The van der Waals surface area contributed by atoms with Gasteiger partial charge in [0.1, 0.15) is 11.3 Å². The van der Waals surface area contributed by atoms with Crippen molar-refractivity contribution in [3.8, 4) is 0 Å². The number of sulfone groups is 1. The van der Waals surface area contributed by atoms with Crippen molar-refractivity contribution in [2.24, 2.45) is 0 Å². The Morgan fingerprint density at radius 1 is 1.09 bits per heavy atom. The van der Waals surface area contributed by atoms with Crippen LogP contribution in [0.5, 0.6) is 0 Å². The van der Waals surface area contributed by atoms with Gasteiger partial charge in [0.2, 0.25) is 0 Å². The summed E-state index contributed by atoms with van der Waals surface area (Å²) in [5.41, 5.74) is 0.518. The summed E-state index contributed by atoms with van der Waals surface area (Å²) in [6.45, 7) is 1.14. The van der Waals surface area contributed by atoms with Gasteiger partial charge < -0.3 is 14.8 Å². The molecule has 8 nitrogen and oxygen atoms in total. The van der Waals surface area contributed by atoms with E-state index < -0.39 is 26.6 Å². The van der Waals surface area contributed by atoms with Gasteiger partial charge in [-0.1, -0.05) is 23.7 Å². The number of carbonyl (C=O) groups excluding carboxylic acids is 2. The molecule has 1 unspecified atom stereocenters. The number of pyridine rings is 1. The van der Waals surface area contributed by atoms with Gasteiger partial charge in [-0.3, -0.25) is 14.4 Å². The number of fused-ring (bicyclic) bond motifs is 1. The monoisotopic (exact) mass is 477 g/mol. The summed E-state index contributed by atoms with van der Waals surface area (Å²) in [5.74, 6) is -0.620. The van der Waals surface area contributed by atoms with Gasteiger partial charge in [0.25, 0.3) is 17.4 Å². The van der Waals surface area contributed by atoms with Crippen LogP contribution in [-0.4, -0.2) is 53.8 Å². The van der Waals surface area contributed by atoms with E-state index in [1.54, 1.807) is 29.2 Å². The van der Waals surface area contributed by atoms with Crippen molar-refractivity contribution in [1.82, 2.24) is 14.8 Å². The fraction of sp³-hybridized carbons (Fsp3) is 0.409. The van der Waals surface area contributed by atoms with E-state index in [4.69, 9.17) is 11.6 Å². The minimum Gasteiger partial charge on any atom is -0.348 e. The first-order valence-corrected chi connectivity index (χ1v) is 12.6. The summed E-state index contributed by atoms with van der Waals surface area (Å²) in [6.07, 6.45) is 1.71. The molecule has 2 aliphatic rings. The minimum atomic E-state index is -3.06. The number of nitrogens with one attached hydrogen (secondary N) is 1. The molecule has 1 saturated heterocycles. The molecule has 0 spiro atoms. The Kier molecular flexibility index (Phi) is 6.39. The molecule has 1 atom stereocenters. The average molecular weight is 478 g/mol. The second-order valence-electron chi connectivity index (χ2n) is 8.11. The standard InChI is InChI=1S/C22H24ClN3O5S/c23-16-5-3-15(4-6-16)14-24-20(27)18-7-8-19-22(29)25(11-12-26(19)21(18)28)10-9-17-2-1-13-32(17,30)31/h3-8,17H,1-2,9-14H2,(H,24,27). The number of benzene rings is 1. The maximum Gasteiger partial charge on any atom is 0.270 e. The molecule has 0 saturated carbocycles. The van der Waals surface area contributed by atoms with Crippen molar-refractivity contribution in [1.29, 1.82) is 0 Å².